The summed E-state index contributed by atoms with van der Waals surface area (Å²) in [5.74, 6) is -1.30. The fourth-order valence-electron chi connectivity index (χ4n) is 3.09. The van der Waals surface area contributed by atoms with Crippen LogP contribution in [0.5, 0.6) is 11.5 Å². The molecule has 0 aromatic heterocycles. The highest BCUT2D eigenvalue weighted by atomic mass is 16.6. The van der Waals surface area contributed by atoms with Crippen molar-refractivity contribution in [2.24, 2.45) is 0 Å². The topological polar surface area (TPSA) is 140 Å². The fourth-order valence-corrected chi connectivity index (χ4v) is 3.09. The lowest BCUT2D eigenvalue weighted by Crippen LogP contribution is -2.45. The minimum Gasteiger partial charge on any atom is -0.504 e. The van der Waals surface area contributed by atoms with Gasteiger partial charge in [-0.05, 0) is 11.6 Å². The first kappa shape index (κ1) is 19.7. The van der Waals surface area contributed by atoms with Gasteiger partial charge in [-0.1, -0.05) is 30.3 Å². The number of amides is 2. The Hall–Kier alpha value is -4.08. The first-order valence-corrected chi connectivity index (χ1v) is 8.38. The van der Waals surface area contributed by atoms with Gasteiger partial charge in [0.25, 0.3) is 5.69 Å². The van der Waals surface area contributed by atoms with Gasteiger partial charge in [0, 0.05) is 0 Å². The van der Waals surface area contributed by atoms with Crippen LogP contribution in [0.1, 0.15) is 17.2 Å². The minimum absolute atomic E-state index is 0.0500. The third-order valence-corrected chi connectivity index (χ3v) is 4.38. The molecule has 1 heterocycles. The van der Waals surface area contributed by atoms with Gasteiger partial charge < -0.3 is 25.2 Å². The molecule has 0 bridgehead atoms. The summed E-state index contributed by atoms with van der Waals surface area (Å²) in [5, 5.41) is 26.8. The van der Waals surface area contributed by atoms with Crippen LogP contribution in [0.3, 0.4) is 0 Å². The van der Waals surface area contributed by atoms with E-state index < -0.39 is 28.7 Å². The van der Waals surface area contributed by atoms with Crippen LogP contribution in [0.2, 0.25) is 0 Å². The van der Waals surface area contributed by atoms with Gasteiger partial charge in [-0.2, -0.15) is 0 Å². The first-order valence-electron chi connectivity index (χ1n) is 8.38. The lowest BCUT2D eigenvalue weighted by Gasteiger charge is -2.29. The van der Waals surface area contributed by atoms with Gasteiger partial charge in [0.05, 0.1) is 48.1 Å². The molecule has 3 N–H and O–H groups in total. The van der Waals surface area contributed by atoms with Gasteiger partial charge in [0.15, 0.2) is 11.5 Å². The maximum absolute atomic E-state index is 12.6. The summed E-state index contributed by atoms with van der Waals surface area (Å²) in [4.78, 5) is 35.9. The van der Waals surface area contributed by atoms with Crippen molar-refractivity contribution in [2.75, 3.05) is 14.2 Å². The van der Waals surface area contributed by atoms with Gasteiger partial charge in [-0.25, -0.2) is 9.59 Å². The van der Waals surface area contributed by atoms with Crippen LogP contribution in [0.25, 0.3) is 5.70 Å². The first-order chi connectivity index (χ1) is 13.9. The van der Waals surface area contributed by atoms with Crippen molar-refractivity contribution in [3.8, 4) is 11.5 Å². The van der Waals surface area contributed by atoms with Gasteiger partial charge in [0.1, 0.15) is 0 Å². The van der Waals surface area contributed by atoms with E-state index in [4.69, 9.17) is 9.47 Å². The second-order valence-corrected chi connectivity index (χ2v) is 6.02. The Bertz CT molecular complexity index is 1020. The van der Waals surface area contributed by atoms with E-state index >= 15 is 0 Å². The van der Waals surface area contributed by atoms with Crippen molar-refractivity contribution >= 4 is 23.4 Å². The van der Waals surface area contributed by atoms with Crippen LogP contribution in [0.4, 0.5) is 10.5 Å². The minimum atomic E-state index is -1.25. The predicted octanol–water partition coefficient (Wildman–Crippen LogP) is 2.25. The van der Waals surface area contributed by atoms with Crippen LogP contribution < -0.4 is 15.4 Å². The number of nitrogens with zero attached hydrogens (tertiary/aromatic N) is 1. The maximum atomic E-state index is 12.6. The zero-order valence-corrected chi connectivity index (χ0v) is 15.5. The van der Waals surface area contributed by atoms with E-state index in [9.17, 15) is 24.8 Å². The largest absolute Gasteiger partial charge is 0.504 e. The lowest BCUT2D eigenvalue weighted by molar-refractivity contribution is -0.385. The molecule has 10 nitrogen and oxygen atoms in total. The molecule has 0 saturated carbocycles. The van der Waals surface area contributed by atoms with Crippen LogP contribution in [-0.4, -0.2) is 36.2 Å². The SMILES string of the molecule is COC(=O)C1=C(c2ccccc2)NC(=O)NC1c1cc(O)c(OC)cc1[N+](=O)[O-]. The van der Waals surface area contributed by atoms with E-state index in [1.54, 1.807) is 30.3 Å². The molecule has 1 aliphatic heterocycles. The summed E-state index contributed by atoms with van der Waals surface area (Å²) >= 11 is 0. The average Bonchev–Trinajstić information content (AvgIpc) is 2.72. The van der Waals surface area contributed by atoms with Crippen LogP contribution in [0, 0.1) is 10.1 Å². The number of nitro groups is 1. The lowest BCUT2D eigenvalue weighted by atomic mass is 9.91. The smallest absolute Gasteiger partial charge is 0.338 e. The molecule has 150 valence electrons. The summed E-state index contributed by atoms with van der Waals surface area (Å²) in [6.45, 7) is 0. The summed E-state index contributed by atoms with van der Waals surface area (Å²) in [7, 11) is 2.41. The Morgan fingerprint density at radius 3 is 2.48 bits per heavy atom. The van der Waals surface area contributed by atoms with E-state index in [1.165, 1.54) is 7.11 Å². The number of rotatable bonds is 5. The molecule has 1 aliphatic rings. The highest BCUT2D eigenvalue weighted by Crippen LogP contribution is 2.41. The maximum Gasteiger partial charge on any atom is 0.338 e. The Labute approximate surface area is 164 Å². The average molecular weight is 399 g/mol. The molecule has 3 rings (SSSR count). The van der Waals surface area contributed by atoms with Crippen molar-refractivity contribution in [1.29, 1.82) is 0 Å². The number of phenolic OH excluding ortho intramolecular Hbond substituents is 1. The molecule has 1 atom stereocenters. The zero-order chi connectivity index (χ0) is 21.1. The highest BCUT2D eigenvalue weighted by Gasteiger charge is 2.38. The number of benzene rings is 2. The van der Waals surface area contributed by atoms with E-state index in [1.807, 2.05) is 0 Å². The number of esters is 1. The Balaban J connectivity index is 2.30. The molecule has 0 aliphatic carbocycles. The standard InChI is InChI=1S/C19H17N3O7/c1-28-14-9-12(22(26)27)11(8-13(14)23)17-15(18(24)29-2)16(20-19(25)21-17)10-6-4-3-5-7-10/h3-9,17,23H,1-2H3,(H2,20,21,25). The van der Waals surface area contributed by atoms with E-state index in [2.05, 4.69) is 10.6 Å². The van der Waals surface area contributed by atoms with Gasteiger partial charge in [-0.3, -0.25) is 10.1 Å². The second-order valence-electron chi connectivity index (χ2n) is 6.02. The number of phenols is 1. The molecule has 1 unspecified atom stereocenters. The van der Waals surface area contributed by atoms with Gasteiger partial charge in [0.2, 0.25) is 0 Å². The van der Waals surface area contributed by atoms with Crippen molar-refractivity contribution < 1.29 is 29.1 Å². The Morgan fingerprint density at radius 2 is 1.90 bits per heavy atom. The molecule has 0 saturated heterocycles. The quantitative estimate of drug-likeness (QED) is 0.398. The van der Waals surface area contributed by atoms with Crippen LogP contribution >= 0.6 is 0 Å². The molecule has 29 heavy (non-hydrogen) atoms. The molecular weight excluding hydrogens is 382 g/mol. The number of nitro benzene ring substituents is 1. The summed E-state index contributed by atoms with van der Waals surface area (Å²) in [6.07, 6.45) is 0. The number of hydrogen-bond acceptors (Lipinski definition) is 7. The number of carbonyl (C=O) groups excluding carboxylic acids is 2. The number of urea groups is 1. The third kappa shape index (κ3) is 3.68. The molecule has 0 fully saturated rings. The number of aromatic hydroxyl groups is 1. The fraction of sp³-hybridized carbons (Fsp3) is 0.158. The van der Waals surface area contributed by atoms with E-state index in [0.29, 0.717) is 5.56 Å². The number of hydrogen-bond donors (Lipinski definition) is 3. The molecule has 10 heteroatoms. The normalized spacial score (nSPS) is 15.9. The summed E-state index contributed by atoms with van der Waals surface area (Å²) in [6, 6.07) is 8.70. The molecule has 0 spiro atoms. The van der Waals surface area contributed by atoms with Crippen molar-refractivity contribution in [1.82, 2.24) is 10.6 Å². The third-order valence-electron chi connectivity index (χ3n) is 4.38. The molecule has 2 aromatic carbocycles. The number of carbonyl (C=O) groups is 2. The van der Waals surface area contributed by atoms with E-state index in [0.717, 1.165) is 19.2 Å². The second kappa shape index (κ2) is 7.89. The Kier molecular flexibility index (Phi) is 5.35. The monoisotopic (exact) mass is 399 g/mol. The predicted molar refractivity (Wildman–Crippen MR) is 101 cm³/mol. The number of methoxy groups -OCH3 is 2. The Morgan fingerprint density at radius 1 is 1.21 bits per heavy atom. The molecule has 2 aromatic rings. The van der Waals surface area contributed by atoms with Gasteiger partial charge >= 0.3 is 12.0 Å². The molecule has 2 amide bonds. The highest BCUT2D eigenvalue weighted by molar-refractivity contribution is 6.04. The summed E-state index contributed by atoms with van der Waals surface area (Å²) in [5.41, 5.74) is 0.0626. The molecular formula is C19H17N3O7. The van der Waals surface area contributed by atoms with Gasteiger partial charge in [-0.15, -0.1) is 0 Å². The van der Waals surface area contributed by atoms with E-state index in [-0.39, 0.29) is 28.3 Å². The zero-order valence-electron chi connectivity index (χ0n) is 15.5. The number of nitrogens with one attached hydrogen (secondary N) is 2. The van der Waals surface area contributed by atoms with Crippen LogP contribution in [-0.2, 0) is 9.53 Å². The number of ether oxygens (including phenoxy) is 2. The molecule has 0 radical (unpaired) electrons. The van der Waals surface area contributed by atoms with Crippen molar-refractivity contribution in [3.63, 3.8) is 0 Å². The van der Waals surface area contributed by atoms with Crippen LogP contribution in [0.15, 0.2) is 48.0 Å². The van der Waals surface area contributed by atoms with Crippen molar-refractivity contribution in [3.05, 3.63) is 69.3 Å². The van der Waals surface area contributed by atoms with Crippen molar-refractivity contribution in [2.45, 2.75) is 6.04 Å². The summed E-state index contributed by atoms with van der Waals surface area (Å²) < 4.78 is 9.79.